The average Bonchev–Trinajstić information content (AvgIpc) is 2.93. The van der Waals surface area contributed by atoms with Crippen LogP contribution in [0.3, 0.4) is 0 Å². The van der Waals surface area contributed by atoms with E-state index >= 15 is 0 Å². The molecule has 0 unspecified atom stereocenters. The molecule has 4 heteroatoms. The highest BCUT2D eigenvalue weighted by Gasteiger charge is 2.42. The van der Waals surface area contributed by atoms with E-state index in [4.69, 9.17) is 4.42 Å². The minimum atomic E-state index is 0.0465. The molecule has 2 aliphatic rings. The SMILES string of the molecule is O=C(c1ccoc1)N1CCNCC12CCCCC2. The van der Waals surface area contributed by atoms with Crippen molar-refractivity contribution in [2.45, 2.75) is 37.6 Å². The van der Waals surface area contributed by atoms with Crippen LogP contribution in [0, 0.1) is 0 Å². The normalized spacial score (nSPS) is 23.2. The fourth-order valence-electron chi connectivity index (χ4n) is 3.36. The summed E-state index contributed by atoms with van der Waals surface area (Å²) in [5.74, 6) is 0.132. The van der Waals surface area contributed by atoms with Gasteiger partial charge in [0.25, 0.3) is 5.91 Å². The van der Waals surface area contributed by atoms with E-state index in [1.165, 1.54) is 19.3 Å². The highest BCUT2D eigenvalue weighted by atomic mass is 16.3. The zero-order chi connectivity index (χ0) is 12.4. The fourth-order valence-corrected chi connectivity index (χ4v) is 3.36. The van der Waals surface area contributed by atoms with Crippen LogP contribution in [0.2, 0.25) is 0 Å². The largest absolute Gasteiger partial charge is 0.472 e. The molecule has 18 heavy (non-hydrogen) atoms. The molecule has 1 aliphatic heterocycles. The molecule has 4 nitrogen and oxygen atoms in total. The van der Waals surface area contributed by atoms with E-state index in [0.717, 1.165) is 32.5 Å². The first-order chi connectivity index (χ1) is 8.82. The van der Waals surface area contributed by atoms with Gasteiger partial charge in [-0.1, -0.05) is 19.3 Å². The van der Waals surface area contributed by atoms with Crippen LogP contribution in [-0.4, -0.2) is 36.0 Å². The molecule has 1 amide bonds. The lowest BCUT2D eigenvalue weighted by atomic mass is 9.79. The molecule has 1 saturated carbocycles. The van der Waals surface area contributed by atoms with Crippen molar-refractivity contribution in [3.63, 3.8) is 0 Å². The first-order valence-corrected chi connectivity index (χ1v) is 6.87. The van der Waals surface area contributed by atoms with Crippen molar-refractivity contribution >= 4 is 5.91 Å². The van der Waals surface area contributed by atoms with E-state index in [9.17, 15) is 4.79 Å². The van der Waals surface area contributed by atoms with E-state index < -0.39 is 0 Å². The summed E-state index contributed by atoms with van der Waals surface area (Å²) in [6.45, 7) is 2.64. The Morgan fingerprint density at radius 1 is 1.33 bits per heavy atom. The van der Waals surface area contributed by atoms with E-state index in [2.05, 4.69) is 10.2 Å². The van der Waals surface area contributed by atoms with Crippen molar-refractivity contribution < 1.29 is 9.21 Å². The Kier molecular flexibility index (Phi) is 3.12. The lowest BCUT2D eigenvalue weighted by molar-refractivity contribution is 0.0222. The number of rotatable bonds is 1. The molecule has 2 heterocycles. The van der Waals surface area contributed by atoms with Gasteiger partial charge in [0.05, 0.1) is 17.4 Å². The molecule has 98 valence electrons. The number of amides is 1. The topological polar surface area (TPSA) is 45.5 Å². The van der Waals surface area contributed by atoms with Crippen molar-refractivity contribution in [3.05, 3.63) is 24.2 Å². The van der Waals surface area contributed by atoms with Crippen LogP contribution in [0.5, 0.6) is 0 Å². The van der Waals surface area contributed by atoms with E-state index in [0.29, 0.717) is 5.56 Å². The molecule has 1 aromatic heterocycles. The number of nitrogens with one attached hydrogen (secondary N) is 1. The predicted octanol–water partition coefficient (Wildman–Crippen LogP) is 2.03. The Morgan fingerprint density at radius 3 is 2.89 bits per heavy atom. The molecule has 0 atom stereocenters. The molecule has 1 aromatic rings. The van der Waals surface area contributed by atoms with E-state index in [-0.39, 0.29) is 11.4 Å². The molecule has 0 aromatic carbocycles. The minimum Gasteiger partial charge on any atom is -0.472 e. The van der Waals surface area contributed by atoms with Gasteiger partial charge in [0.15, 0.2) is 0 Å². The van der Waals surface area contributed by atoms with Gasteiger partial charge in [-0.2, -0.15) is 0 Å². The number of furan rings is 1. The van der Waals surface area contributed by atoms with Crippen LogP contribution < -0.4 is 5.32 Å². The number of nitrogens with zero attached hydrogens (tertiary/aromatic N) is 1. The van der Waals surface area contributed by atoms with Crippen molar-refractivity contribution in [1.29, 1.82) is 0 Å². The van der Waals surface area contributed by atoms with Gasteiger partial charge in [-0.15, -0.1) is 0 Å². The van der Waals surface area contributed by atoms with Crippen molar-refractivity contribution in [3.8, 4) is 0 Å². The summed E-state index contributed by atoms with van der Waals surface area (Å²) in [4.78, 5) is 14.7. The maximum Gasteiger partial charge on any atom is 0.257 e. The lowest BCUT2D eigenvalue weighted by Crippen LogP contribution is -2.63. The second kappa shape index (κ2) is 4.76. The van der Waals surface area contributed by atoms with Crippen molar-refractivity contribution in [2.24, 2.45) is 0 Å². The van der Waals surface area contributed by atoms with Crippen LogP contribution in [0.1, 0.15) is 42.5 Å². The maximum absolute atomic E-state index is 12.6. The number of piperazine rings is 1. The van der Waals surface area contributed by atoms with Gasteiger partial charge in [0.2, 0.25) is 0 Å². The van der Waals surface area contributed by atoms with E-state index in [1.54, 1.807) is 18.6 Å². The number of hydrogen-bond acceptors (Lipinski definition) is 3. The summed E-state index contributed by atoms with van der Waals surface area (Å²) in [6.07, 6.45) is 9.15. The van der Waals surface area contributed by atoms with Gasteiger partial charge in [-0.25, -0.2) is 0 Å². The number of carbonyl (C=O) groups excluding carboxylic acids is 1. The lowest BCUT2D eigenvalue weighted by Gasteiger charge is -2.49. The van der Waals surface area contributed by atoms with Crippen LogP contribution in [0.25, 0.3) is 0 Å². The Hall–Kier alpha value is -1.29. The van der Waals surface area contributed by atoms with Crippen LogP contribution in [0.4, 0.5) is 0 Å². The molecular weight excluding hydrogens is 228 g/mol. The maximum atomic E-state index is 12.6. The third kappa shape index (κ3) is 1.94. The third-order valence-corrected chi connectivity index (χ3v) is 4.34. The third-order valence-electron chi connectivity index (χ3n) is 4.34. The Bertz CT molecular complexity index is 399. The highest BCUT2D eigenvalue weighted by molar-refractivity contribution is 5.94. The second-order valence-electron chi connectivity index (χ2n) is 5.43. The molecule has 3 rings (SSSR count). The van der Waals surface area contributed by atoms with Gasteiger partial charge < -0.3 is 14.6 Å². The zero-order valence-electron chi connectivity index (χ0n) is 10.7. The first-order valence-electron chi connectivity index (χ1n) is 6.87. The second-order valence-corrected chi connectivity index (χ2v) is 5.43. The minimum absolute atomic E-state index is 0.0465. The van der Waals surface area contributed by atoms with Gasteiger partial charge in [0.1, 0.15) is 6.26 Å². The zero-order valence-corrected chi connectivity index (χ0v) is 10.7. The van der Waals surface area contributed by atoms with E-state index in [1.807, 2.05) is 0 Å². The summed E-state index contributed by atoms with van der Waals surface area (Å²) < 4.78 is 5.04. The van der Waals surface area contributed by atoms with Crippen molar-refractivity contribution in [1.82, 2.24) is 10.2 Å². The average molecular weight is 248 g/mol. The summed E-state index contributed by atoms with van der Waals surface area (Å²) in [5.41, 5.74) is 0.729. The first kappa shape index (κ1) is 11.8. The summed E-state index contributed by atoms with van der Waals surface area (Å²) in [5, 5.41) is 3.46. The number of hydrogen-bond donors (Lipinski definition) is 1. The van der Waals surface area contributed by atoms with Crippen LogP contribution in [-0.2, 0) is 0 Å². The molecule has 0 radical (unpaired) electrons. The Balaban J connectivity index is 1.85. The molecule has 1 aliphatic carbocycles. The van der Waals surface area contributed by atoms with Crippen molar-refractivity contribution in [2.75, 3.05) is 19.6 Å². The number of carbonyl (C=O) groups is 1. The summed E-state index contributed by atoms with van der Waals surface area (Å²) >= 11 is 0. The van der Waals surface area contributed by atoms with Gasteiger partial charge in [-0.05, 0) is 18.9 Å². The quantitative estimate of drug-likeness (QED) is 0.827. The fraction of sp³-hybridized carbons (Fsp3) is 0.643. The molecule has 1 saturated heterocycles. The molecular formula is C14H20N2O2. The Morgan fingerprint density at radius 2 is 2.17 bits per heavy atom. The van der Waals surface area contributed by atoms with Gasteiger partial charge in [0, 0.05) is 19.6 Å². The molecule has 1 N–H and O–H groups in total. The smallest absolute Gasteiger partial charge is 0.257 e. The molecule has 2 fully saturated rings. The standard InChI is InChI=1S/C14H20N2O2/c17-13(12-4-9-18-10-12)16-8-7-15-11-14(16)5-2-1-3-6-14/h4,9-10,15H,1-3,5-8,11H2. The Labute approximate surface area is 107 Å². The summed E-state index contributed by atoms with van der Waals surface area (Å²) in [7, 11) is 0. The highest BCUT2D eigenvalue weighted by Crippen LogP contribution is 2.35. The van der Waals surface area contributed by atoms with Gasteiger partial charge >= 0.3 is 0 Å². The monoisotopic (exact) mass is 248 g/mol. The molecule has 1 spiro atoms. The van der Waals surface area contributed by atoms with Crippen LogP contribution >= 0.6 is 0 Å². The molecule has 0 bridgehead atoms. The summed E-state index contributed by atoms with van der Waals surface area (Å²) in [6, 6.07) is 1.76. The van der Waals surface area contributed by atoms with Gasteiger partial charge in [-0.3, -0.25) is 4.79 Å². The predicted molar refractivity (Wildman–Crippen MR) is 68.4 cm³/mol. The van der Waals surface area contributed by atoms with Crippen LogP contribution in [0.15, 0.2) is 23.0 Å².